The Hall–Kier alpha value is -4.97. The molecule has 1 aliphatic carbocycles. The molecule has 3 aromatic rings. The molecule has 1 saturated heterocycles. The molecule has 6 N–H and O–H groups in total. The lowest BCUT2D eigenvalue weighted by molar-refractivity contribution is -0.149. The minimum Gasteiger partial charge on any atom is -0.483 e. The summed E-state index contributed by atoms with van der Waals surface area (Å²) < 4.78 is 5.76. The molecule has 3 aromatic carbocycles. The van der Waals surface area contributed by atoms with Gasteiger partial charge in [0.05, 0.1) is 12.5 Å². The first kappa shape index (κ1) is 36.3. The lowest BCUT2D eigenvalue weighted by Gasteiger charge is -2.35. The van der Waals surface area contributed by atoms with Crippen LogP contribution in [-0.4, -0.2) is 82.0 Å². The van der Waals surface area contributed by atoms with Gasteiger partial charge in [-0.2, -0.15) is 0 Å². The van der Waals surface area contributed by atoms with Gasteiger partial charge in [-0.15, -0.1) is 0 Å². The zero-order chi connectivity index (χ0) is 36.0. The van der Waals surface area contributed by atoms with Crippen molar-refractivity contribution in [1.29, 1.82) is 0 Å². The molecule has 2 fully saturated rings. The zero-order valence-electron chi connectivity index (χ0n) is 28.8. The topological polar surface area (TPSA) is 180 Å². The number of carbonyl (C=O) groups excluding carboxylic acids is 5. The van der Waals surface area contributed by atoms with Crippen molar-refractivity contribution in [2.75, 3.05) is 6.61 Å². The van der Waals surface area contributed by atoms with Gasteiger partial charge in [-0.25, -0.2) is 0 Å². The Morgan fingerprint density at radius 1 is 0.940 bits per heavy atom. The average Bonchev–Trinajstić information content (AvgIpc) is 3.68. The number of aliphatic hydroxyl groups is 1. The van der Waals surface area contributed by atoms with Gasteiger partial charge in [0.1, 0.15) is 17.8 Å². The second kappa shape index (κ2) is 15.7. The second-order valence-corrected chi connectivity index (χ2v) is 14.3. The van der Waals surface area contributed by atoms with Crippen LogP contribution in [0.4, 0.5) is 0 Å². The van der Waals surface area contributed by atoms with E-state index < -0.39 is 66.4 Å². The van der Waals surface area contributed by atoms with Crippen molar-refractivity contribution in [2.24, 2.45) is 11.7 Å². The maximum atomic E-state index is 14.2. The fourth-order valence-corrected chi connectivity index (χ4v) is 7.12. The maximum Gasteiger partial charge on any atom is 0.258 e. The van der Waals surface area contributed by atoms with E-state index in [4.69, 9.17) is 10.5 Å². The molecule has 1 heterocycles. The highest BCUT2D eigenvalue weighted by Crippen LogP contribution is 2.42. The summed E-state index contributed by atoms with van der Waals surface area (Å²) in [6.07, 6.45) is 0.794. The van der Waals surface area contributed by atoms with Crippen LogP contribution in [0.3, 0.4) is 0 Å². The van der Waals surface area contributed by atoms with Crippen molar-refractivity contribution in [3.8, 4) is 5.75 Å². The molecule has 0 unspecified atom stereocenters. The second-order valence-electron chi connectivity index (χ2n) is 14.3. The molecular formula is C38H47N5O7. The molecule has 6 atom stereocenters. The number of likely N-dealkylation sites (tertiary alicyclic amines) is 1. The van der Waals surface area contributed by atoms with Crippen LogP contribution in [-0.2, 0) is 30.4 Å². The SMILES string of the molecule is CC(C)(C)NC(=O)[C@@H]1C[C@@H]2CCC[C@@H]2N1C(=O)[C@@H](O)[C@H](Cc1ccccc1)NC(=O)[C@H](CC(N)=O)NC(=O)COc1cccc2ccccc12. The lowest BCUT2D eigenvalue weighted by Crippen LogP contribution is -2.60. The minimum absolute atomic E-state index is 0.0572. The molecule has 1 saturated carbocycles. The lowest BCUT2D eigenvalue weighted by atomic mass is 9.98. The summed E-state index contributed by atoms with van der Waals surface area (Å²) in [4.78, 5) is 67.9. The van der Waals surface area contributed by atoms with Gasteiger partial charge >= 0.3 is 0 Å². The highest BCUT2D eigenvalue weighted by molar-refractivity contribution is 5.94. The van der Waals surface area contributed by atoms with Gasteiger partial charge < -0.3 is 36.4 Å². The van der Waals surface area contributed by atoms with Crippen LogP contribution < -0.4 is 26.4 Å². The van der Waals surface area contributed by atoms with Crippen LogP contribution >= 0.6 is 0 Å². The Morgan fingerprint density at radius 3 is 2.36 bits per heavy atom. The number of benzene rings is 3. The number of nitrogens with one attached hydrogen (secondary N) is 3. The third-order valence-corrected chi connectivity index (χ3v) is 9.32. The number of nitrogens with two attached hydrogens (primary N) is 1. The Labute approximate surface area is 292 Å². The van der Waals surface area contributed by atoms with Crippen LogP contribution in [0, 0.1) is 5.92 Å². The van der Waals surface area contributed by atoms with Gasteiger partial charge in [-0.05, 0) is 69.4 Å². The van der Waals surface area contributed by atoms with E-state index in [2.05, 4.69) is 16.0 Å². The fourth-order valence-electron chi connectivity index (χ4n) is 7.12. The molecule has 0 bridgehead atoms. The van der Waals surface area contributed by atoms with Gasteiger partial charge in [0.15, 0.2) is 12.7 Å². The number of rotatable bonds is 13. The molecule has 12 heteroatoms. The molecule has 12 nitrogen and oxygen atoms in total. The Balaban J connectivity index is 1.33. The van der Waals surface area contributed by atoms with E-state index in [1.807, 2.05) is 57.2 Å². The van der Waals surface area contributed by atoms with Crippen molar-refractivity contribution in [3.05, 3.63) is 78.4 Å². The third kappa shape index (κ3) is 8.97. The van der Waals surface area contributed by atoms with Crippen molar-refractivity contribution in [2.45, 2.75) is 95.1 Å². The van der Waals surface area contributed by atoms with Crippen molar-refractivity contribution >= 4 is 40.3 Å². The number of carbonyl (C=O) groups is 5. The number of hydrogen-bond donors (Lipinski definition) is 5. The summed E-state index contributed by atoms with van der Waals surface area (Å²) >= 11 is 0. The Bertz CT molecular complexity index is 1700. The number of amides is 5. The monoisotopic (exact) mass is 685 g/mol. The Kier molecular flexibility index (Phi) is 11.4. The summed E-state index contributed by atoms with van der Waals surface area (Å²) in [6, 6.07) is 18.4. The van der Waals surface area contributed by atoms with E-state index in [9.17, 15) is 29.1 Å². The molecule has 50 heavy (non-hydrogen) atoms. The van der Waals surface area contributed by atoms with Crippen molar-refractivity contribution in [3.63, 3.8) is 0 Å². The van der Waals surface area contributed by atoms with Crippen LogP contribution in [0.15, 0.2) is 72.8 Å². The molecular weight excluding hydrogens is 638 g/mol. The number of primary amides is 1. The average molecular weight is 686 g/mol. The van der Waals surface area contributed by atoms with Crippen LogP contribution in [0.1, 0.15) is 58.4 Å². The van der Waals surface area contributed by atoms with Gasteiger partial charge in [0.25, 0.3) is 11.8 Å². The summed E-state index contributed by atoms with van der Waals surface area (Å²) in [5, 5.41) is 21.7. The first-order valence-electron chi connectivity index (χ1n) is 17.2. The summed E-state index contributed by atoms with van der Waals surface area (Å²) in [5.74, 6) is -2.66. The third-order valence-electron chi connectivity index (χ3n) is 9.32. The zero-order valence-corrected chi connectivity index (χ0v) is 28.8. The van der Waals surface area contributed by atoms with Crippen LogP contribution in [0.5, 0.6) is 5.75 Å². The van der Waals surface area contributed by atoms with Crippen LogP contribution in [0.25, 0.3) is 10.8 Å². The van der Waals surface area contributed by atoms with Gasteiger partial charge in [0, 0.05) is 17.0 Å². The minimum atomic E-state index is -1.73. The molecule has 0 radical (unpaired) electrons. The number of fused-ring (bicyclic) bond motifs is 2. The smallest absolute Gasteiger partial charge is 0.258 e. The molecule has 5 amide bonds. The van der Waals surface area contributed by atoms with E-state index in [0.717, 1.165) is 29.2 Å². The molecule has 0 aromatic heterocycles. The number of hydrogen-bond acceptors (Lipinski definition) is 7. The highest BCUT2D eigenvalue weighted by atomic mass is 16.5. The normalized spacial score (nSPS) is 20.3. The summed E-state index contributed by atoms with van der Waals surface area (Å²) in [5.41, 5.74) is 5.67. The van der Waals surface area contributed by atoms with E-state index in [1.54, 1.807) is 36.4 Å². The highest BCUT2D eigenvalue weighted by Gasteiger charge is 2.51. The van der Waals surface area contributed by atoms with E-state index in [0.29, 0.717) is 18.6 Å². The summed E-state index contributed by atoms with van der Waals surface area (Å²) in [6.45, 7) is 5.15. The first-order chi connectivity index (χ1) is 23.8. The first-order valence-corrected chi connectivity index (χ1v) is 17.2. The van der Waals surface area contributed by atoms with Crippen LogP contribution in [0.2, 0.25) is 0 Å². The molecule has 266 valence electrons. The number of ether oxygens (including phenoxy) is 1. The van der Waals surface area contributed by atoms with E-state index >= 15 is 0 Å². The van der Waals surface area contributed by atoms with Gasteiger partial charge in [-0.3, -0.25) is 24.0 Å². The van der Waals surface area contributed by atoms with E-state index in [-0.39, 0.29) is 24.3 Å². The molecule has 0 spiro atoms. The standard InChI is InChI=1S/C38H47N5O7/c1-38(2,3)42-36(48)30-20-25-15-9-17-29(25)43(30)37(49)34(46)27(19-23-11-5-4-6-12-23)41-35(47)28(21-32(39)44)40-33(45)22-50-31-18-10-14-24-13-7-8-16-26(24)31/h4-8,10-14,16,18,25,27-30,34,46H,9,15,17,19-22H2,1-3H3,(H2,39,44)(H,40,45)(H,41,47)(H,42,48)/t25-,27-,28-,29-,30-,34-/m0/s1. The predicted octanol–water partition coefficient (Wildman–Crippen LogP) is 2.35. The Morgan fingerprint density at radius 2 is 1.64 bits per heavy atom. The van der Waals surface area contributed by atoms with Gasteiger partial charge in [-0.1, -0.05) is 73.2 Å². The quantitative estimate of drug-likeness (QED) is 0.183. The molecule has 5 rings (SSSR count). The molecule has 1 aliphatic heterocycles. The predicted molar refractivity (Wildman–Crippen MR) is 188 cm³/mol. The number of nitrogens with zero attached hydrogens (tertiary/aromatic N) is 1. The number of aliphatic hydroxyl groups excluding tert-OH is 1. The van der Waals surface area contributed by atoms with Crippen molar-refractivity contribution < 1.29 is 33.8 Å². The largest absolute Gasteiger partial charge is 0.483 e. The van der Waals surface area contributed by atoms with Crippen molar-refractivity contribution in [1.82, 2.24) is 20.9 Å². The fraction of sp³-hybridized carbons (Fsp3) is 0.447. The maximum absolute atomic E-state index is 14.2. The molecule has 2 aliphatic rings. The van der Waals surface area contributed by atoms with Gasteiger partial charge in [0.2, 0.25) is 17.7 Å². The summed E-state index contributed by atoms with van der Waals surface area (Å²) in [7, 11) is 0. The van der Waals surface area contributed by atoms with E-state index in [1.165, 1.54) is 4.90 Å².